The van der Waals surface area contributed by atoms with Crippen molar-refractivity contribution in [1.82, 2.24) is 5.32 Å². The van der Waals surface area contributed by atoms with Crippen molar-refractivity contribution in [1.29, 1.82) is 0 Å². The maximum absolute atomic E-state index is 12.5. The van der Waals surface area contributed by atoms with Crippen LogP contribution in [0.25, 0.3) is 0 Å². The van der Waals surface area contributed by atoms with Gasteiger partial charge < -0.3 is 14.8 Å². The predicted molar refractivity (Wildman–Crippen MR) is 89.5 cm³/mol. The van der Waals surface area contributed by atoms with Crippen molar-refractivity contribution in [2.45, 2.75) is 50.2 Å². The highest BCUT2D eigenvalue weighted by Crippen LogP contribution is 2.33. The molecule has 2 heterocycles. The Bertz CT molecular complexity index is 520. The third kappa shape index (κ3) is 4.25. The fourth-order valence-corrected chi connectivity index (χ4v) is 3.59. The highest BCUT2D eigenvalue weighted by molar-refractivity contribution is 6.30. The summed E-state index contributed by atoms with van der Waals surface area (Å²) < 4.78 is 11.1. The van der Waals surface area contributed by atoms with Gasteiger partial charge in [-0.25, -0.2) is 0 Å². The maximum Gasteiger partial charge on any atom is 0.220 e. The van der Waals surface area contributed by atoms with Gasteiger partial charge in [0.2, 0.25) is 5.91 Å². The maximum atomic E-state index is 12.5. The molecule has 1 N–H and O–H groups in total. The number of rotatable bonds is 5. The molecule has 1 amide bonds. The molecule has 2 fully saturated rings. The minimum atomic E-state index is -0.337. The summed E-state index contributed by atoms with van der Waals surface area (Å²) >= 11 is 6.00. The highest BCUT2D eigenvalue weighted by atomic mass is 35.5. The normalized spacial score (nSPS) is 23.6. The third-order valence-corrected chi connectivity index (χ3v) is 5.09. The van der Waals surface area contributed by atoms with Crippen molar-refractivity contribution >= 4 is 17.5 Å². The molecular weight excluding hydrogens is 314 g/mol. The molecule has 0 aromatic heterocycles. The van der Waals surface area contributed by atoms with Gasteiger partial charge in [0.25, 0.3) is 0 Å². The van der Waals surface area contributed by atoms with Gasteiger partial charge in [-0.05, 0) is 49.8 Å². The second kappa shape index (κ2) is 7.65. The first-order valence-corrected chi connectivity index (χ1v) is 8.82. The van der Waals surface area contributed by atoms with E-state index in [1.807, 2.05) is 24.3 Å². The van der Waals surface area contributed by atoms with Gasteiger partial charge in [-0.15, -0.1) is 0 Å². The molecule has 5 heteroatoms. The Morgan fingerprint density at radius 3 is 2.61 bits per heavy atom. The van der Waals surface area contributed by atoms with E-state index >= 15 is 0 Å². The van der Waals surface area contributed by atoms with Crippen LogP contribution in [0.5, 0.6) is 0 Å². The van der Waals surface area contributed by atoms with Crippen molar-refractivity contribution in [2.75, 3.05) is 19.8 Å². The molecule has 2 aliphatic heterocycles. The van der Waals surface area contributed by atoms with Crippen LogP contribution in [0.4, 0.5) is 0 Å². The fourth-order valence-electron chi connectivity index (χ4n) is 3.47. The van der Waals surface area contributed by atoms with Crippen molar-refractivity contribution < 1.29 is 14.3 Å². The Kier molecular flexibility index (Phi) is 5.57. The number of benzene rings is 1. The van der Waals surface area contributed by atoms with Gasteiger partial charge in [0, 0.05) is 31.3 Å². The van der Waals surface area contributed by atoms with Gasteiger partial charge in [-0.3, -0.25) is 4.79 Å². The molecule has 0 radical (unpaired) electrons. The molecule has 0 aliphatic carbocycles. The van der Waals surface area contributed by atoms with Crippen LogP contribution >= 0.6 is 11.6 Å². The Hall–Kier alpha value is -1.10. The Morgan fingerprint density at radius 2 is 1.96 bits per heavy atom. The predicted octanol–water partition coefficient (Wildman–Crippen LogP) is 3.42. The average Bonchev–Trinajstić information content (AvgIpc) is 3.08. The van der Waals surface area contributed by atoms with Crippen molar-refractivity contribution in [3.05, 3.63) is 34.9 Å². The van der Waals surface area contributed by atoms with E-state index in [2.05, 4.69) is 5.32 Å². The third-order valence-electron chi connectivity index (χ3n) is 4.84. The SMILES string of the molecule is O=C(CCC1CCCO1)NC1(c2ccc(Cl)cc2)CCOCC1. The zero-order chi connectivity index (χ0) is 16.1. The van der Waals surface area contributed by atoms with E-state index in [9.17, 15) is 4.79 Å². The number of ether oxygens (including phenoxy) is 2. The molecule has 3 rings (SSSR count). The Balaban J connectivity index is 1.66. The fraction of sp³-hybridized carbons (Fsp3) is 0.611. The van der Waals surface area contributed by atoms with Crippen LogP contribution in [0.2, 0.25) is 5.02 Å². The Morgan fingerprint density at radius 1 is 1.22 bits per heavy atom. The van der Waals surface area contributed by atoms with Crippen molar-refractivity contribution in [3.8, 4) is 0 Å². The summed E-state index contributed by atoms with van der Waals surface area (Å²) in [6, 6.07) is 7.78. The van der Waals surface area contributed by atoms with E-state index in [4.69, 9.17) is 21.1 Å². The largest absolute Gasteiger partial charge is 0.381 e. The quantitative estimate of drug-likeness (QED) is 0.895. The van der Waals surface area contributed by atoms with Crippen LogP contribution in [0.15, 0.2) is 24.3 Å². The van der Waals surface area contributed by atoms with Crippen LogP contribution in [0.1, 0.15) is 44.1 Å². The van der Waals surface area contributed by atoms with Gasteiger partial charge in [-0.2, -0.15) is 0 Å². The summed E-state index contributed by atoms with van der Waals surface area (Å²) in [6.45, 7) is 2.15. The Labute approximate surface area is 142 Å². The lowest BCUT2D eigenvalue weighted by Gasteiger charge is -2.38. The van der Waals surface area contributed by atoms with Crippen LogP contribution in [-0.4, -0.2) is 31.8 Å². The summed E-state index contributed by atoms with van der Waals surface area (Å²) in [5, 5.41) is 3.98. The number of carbonyl (C=O) groups is 1. The summed E-state index contributed by atoms with van der Waals surface area (Å²) in [7, 11) is 0. The summed E-state index contributed by atoms with van der Waals surface area (Å²) in [4.78, 5) is 12.5. The molecule has 23 heavy (non-hydrogen) atoms. The molecule has 1 unspecified atom stereocenters. The number of halogens is 1. The summed E-state index contributed by atoms with van der Waals surface area (Å²) in [5.74, 6) is 0.0948. The molecule has 1 aromatic carbocycles. The molecule has 4 nitrogen and oxygen atoms in total. The molecule has 2 aliphatic rings. The van der Waals surface area contributed by atoms with Gasteiger partial charge in [0.15, 0.2) is 0 Å². The second-order valence-corrected chi connectivity index (χ2v) is 6.86. The molecule has 0 spiro atoms. The molecule has 126 valence electrons. The van der Waals surface area contributed by atoms with E-state index in [0.29, 0.717) is 24.7 Å². The smallest absolute Gasteiger partial charge is 0.220 e. The van der Waals surface area contributed by atoms with Crippen LogP contribution < -0.4 is 5.32 Å². The number of amides is 1. The number of hydrogen-bond donors (Lipinski definition) is 1. The lowest BCUT2D eigenvalue weighted by molar-refractivity contribution is -0.125. The van der Waals surface area contributed by atoms with E-state index in [0.717, 1.165) is 44.3 Å². The lowest BCUT2D eigenvalue weighted by atomic mass is 9.82. The topological polar surface area (TPSA) is 47.6 Å². The molecule has 0 bridgehead atoms. The van der Waals surface area contributed by atoms with E-state index < -0.39 is 0 Å². The van der Waals surface area contributed by atoms with Gasteiger partial charge in [0.05, 0.1) is 11.6 Å². The minimum absolute atomic E-state index is 0.0948. The van der Waals surface area contributed by atoms with E-state index in [1.165, 1.54) is 0 Å². The number of carbonyl (C=O) groups excluding carboxylic acids is 1. The molecule has 0 saturated carbocycles. The zero-order valence-corrected chi connectivity index (χ0v) is 14.1. The van der Waals surface area contributed by atoms with Crippen LogP contribution in [0, 0.1) is 0 Å². The summed E-state index contributed by atoms with van der Waals surface area (Å²) in [6.07, 6.45) is 5.34. The molecule has 2 saturated heterocycles. The van der Waals surface area contributed by atoms with Gasteiger partial charge >= 0.3 is 0 Å². The molecule has 1 atom stereocenters. The first-order valence-electron chi connectivity index (χ1n) is 8.44. The van der Waals surface area contributed by atoms with Crippen molar-refractivity contribution in [2.24, 2.45) is 0 Å². The monoisotopic (exact) mass is 337 g/mol. The zero-order valence-electron chi connectivity index (χ0n) is 13.4. The summed E-state index contributed by atoms with van der Waals surface area (Å²) in [5.41, 5.74) is 0.770. The highest BCUT2D eigenvalue weighted by Gasteiger charge is 2.36. The van der Waals surface area contributed by atoms with E-state index in [-0.39, 0.29) is 17.6 Å². The van der Waals surface area contributed by atoms with Gasteiger partial charge in [-0.1, -0.05) is 23.7 Å². The van der Waals surface area contributed by atoms with Crippen LogP contribution in [0.3, 0.4) is 0 Å². The molecular formula is C18H24ClNO3. The standard InChI is InChI=1S/C18H24ClNO3/c19-15-5-3-14(4-6-15)18(9-12-22-13-10-18)20-17(21)8-7-16-2-1-11-23-16/h3-6,16H,1-2,7-13H2,(H,20,21). The van der Waals surface area contributed by atoms with Crippen LogP contribution in [-0.2, 0) is 19.8 Å². The van der Waals surface area contributed by atoms with E-state index in [1.54, 1.807) is 0 Å². The second-order valence-electron chi connectivity index (χ2n) is 6.42. The van der Waals surface area contributed by atoms with Gasteiger partial charge in [0.1, 0.15) is 0 Å². The lowest BCUT2D eigenvalue weighted by Crippen LogP contribution is -2.49. The molecule has 1 aromatic rings. The average molecular weight is 338 g/mol. The first-order chi connectivity index (χ1) is 11.2. The minimum Gasteiger partial charge on any atom is -0.381 e. The number of hydrogen-bond acceptors (Lipinski definition) is 3. The van der Waals surface area contributed by atoms with Crippen molar-refractivity contribution in [3.63, 3.8) is 0 Å². The number of nitrogens with one attached hydrogen (secondary N) is 1. The first kappa shape index (κ1) is 16.7.